The van der Waals surface area contributed by atoms with Crippen LogP contribution in [-0.4, -0.2) is 42.6 Å². The van der Waals surface area contributed by atoms with Gasteiger partial charge < -0.3 is 10.2 Å². The molecule has 32 heavy (non-hydrogen) atoms. The third-order valence-electron chi connectivity index (χ3n) is 6.87. The summed E-state index contributed by atoms with van der Waals surface area (Å²) in [6.45, 7) is 11.6. The topological polar surface area (TPSA) is 31.4 Å². The molecule has 0 unspecified atom stereocenters. The fraction of sp³-hybridized carbons (Fsp3) is 0.370. The number of nitrogens with one attached hydrogen (secondary N) is 1. The van der Waals surface area contributed by atoms with E-state index in [1.165, 1.54) is 27.9 Å². The maximum atomic E-state index is 6.12. The molecule has 0 amide bonds. The Labute approximate surface area is 196 Å². The maximum absolute atomic E-state index is 6.12. The van der Waals surface area contributed by atoms with E-state index in [2.05, 4.69) is 59.3 Å². The highest BCUT2D eigenvalue weighted by molar-refractivity contribution is 6.30. The molecule has 2 aliphatic heterocycles. The number of anilines is 1. The fourth-order valence-electron chi connectivity index (χ4n) is 5.09. The number of hydrogen-bond acceptors (Lipinski definition) is 4. The summed E-state index contributed by atoms with van der Waals surface area (Å²) in [6, 6.07) is 15.0. The van der Waals surface area contributed by atoms with Crippen LogP contribution in [0.15, 0.2) is 48.7 Å². The summed E-state index contributed by atoms with van der Waals surface area (Å²) >= 11 is 6.12. The molecule has 4 nitrogen and oxygen atoms in total. The first-order valence-corrected chi connectivity index (χ1v) is 12.0. The summed E-state index contributed by atoms with van der Waals surface area (Å²) in [6.07, 6.45) is 3.11. The van der Waals surface area contributed by atoms with Crippen molar-refractivity contribution in [2.24, 2.45) is 0 Å². The normalized spacial score (nSPS) is 16.8. The van der Waals surface area contributed by atoms with Gasteiger partial charge in [-0.3, -0.25) is 9.88 Å². The van der Waals surface area contributed by atoms with Gasteiger partial charge in [0.05, 0.1) is 5.69 Å². The van der Waals surface area contributed by atoms with E-state index in [0.29, 0.717) is 0 Å². The van der Waals surface area contributed by atoms with Gasteiger partial charge in [-0.15, -0.1) is 0 Å². The Morgan fingerprint density at radius 3 is 2.53 bits per heavy atom. The van der Waals surface area contributed by atoms with Gasteiger partial charge in [-0.2, -0.15) is 0 Å². The summed E-state index contributed by atoms with van der Waals surface area (Å²) in [7, 11) is 0. The highest BCUT2D eigenvalue weighted by atomic mass is 35.5. The second-order valence-electron chi connectivity index (χ2n) is 9.05. The molecule has 1 fully saturated rings. The Morgan fingerprint density at radius 2 is 1.78 bits per heavy atom. The van der Waals surface area contributed by atoms with Crippen LogP contribution < -0.4 is 10.2 Å². The first-order valence-electron chi connectivity index (χ1n) is 11.6. The number of aryl methyl sites for hydroxylation is 2. The Bertz CT molecular complexity index is 1100. The van der Waals surface area contributed by atoms with Gasteiger partial charge in [0.2, 0.25) is 0 Å². The van der Waals surface area contributed by atoms with Crippen molar-refractivity contribution in [2.75, 3.05) is 37.6 Å². The number of hydrogen-bond donors (Lipinski definition) is 1. The van der Waals surface area contributed by atoms with E-state index in [0.717, 1.165) is 68.5 Å². The number of pyridine rings is 1. The average molecular weight is 447 g/mol. The van der Waals surface area contributed by atoms with Crippen LogP contribution in [0, 0.1) is 13.8 Å². The third kappa shape index (κ3) is 4.40. The maximum Gasteiger partial charge on any atom is 0.0544 e. The van der Waals surface area contributed by atoms with Gasteiger partial charge in [-0.05, 0) is 72.4 Å². The van der Waals surface area contributed by atoms with Crippen molar-refractivity contribution in [1.29, 1.82) is 0 Å². The Hall–Kier alpha value is -2.40. The van der Waals surface area contributed by atoms with Gasteiger partial charge in [0, 0.05) is 68.3 Å². The van der Waals surface area contributed by atoms with Crippen LogP contribution in [-0.2, 0) is 19.5 Å². The van der Waals surface area contributed by atoms with E-state index in [1.807, 2.05) is 18.3 Å². The van der Waals surface area contributed by atoms with Crippen molar-refractivity contribution >= 4 is 17.3 Å². The molecule has 0 atom stereocenters. The van der Waals surface area contributed by atoms with Crippen LogP contribution in [0.5, 0.6) is 0 Å². The highest BCUT2D eigenvalue weighted by Crippen LogP contribution is 2.32. The van der Waals surface area contributed by atoms with Crippen molar-refractivity contribution in [3.05, 3.63) is 81.6 Å². The van der Waals surface area contributed by atoms with Crippen LogP contribution in [0.3, 0.4) is 0 Å². The smallest absolute Gasteiger partial charge is 0.0544 e. The van der Waals surface area contributed by atoms with Crippen LogP contribution in [0.25, 0.3) is 11.1 Å². The largest absolute Gasteiger partial charge is 0.369 e. The Balaban J connectivity index is 1.33. The molecule has 1 N–H and O–H groups in total. The molecule has 0 radical (unpaired) electrons. The first-order chi connectivity index (χ1) is 15.6. The highest BCUT2D eigenvalue weighted by Gasteiger charge is 2.24. The minimum atomic E-state index is 0.775. The summed E-state index contributed by atoms with van der Waals surface area (Å²) in [5, 5.41) is 4.25. The van der Waals surface area contributed by atoms with E-state index in [4.69, 9.17) is 16.6 Å². The van der Waals surface area contributed by atoms with E-state index in [-0.39, 0.29) is 0 Å². The van der Waals surface area contributed by atoms with Crippen LogP contribution >= 0.6 is 11.6 Å². The van der Waals surface area contributed by atoms with Crippen molar-refractivity contribution < 1.29 is 0 Å². The minimum Gasteiger partial charge on any atom is -0.369 e. The van der Waals surface area contributed by atoms with Crippen molar-refractivity contribution in [3.8, 4) is 11.1 Å². The number of piperazine rings is 1. The van der Waals surface area contributed by atoms with Crippen molar-refractivity contribution in [1.82, 2.24) is 15.2 Å². The molecule has 3 aromatic rings. The van der Waals surface area contributed by atoms with Crippen molar-refractivity contribution in [3.63, 3.8) is 0 Å². The van der Waals surface area contributed by atoms with E-state index < -0.39 is 0 Å². The lowest BCUT2D eigenvalue weighted by atomic mass is 9.92. The van der Waals surface area contributed by atoms with Crippen LogP contribution in [0.2, 0.25) is 5.02 Å². The van der Waals surface area contributed by atoms with Gasteiger partial charge in [0.15, 0.2) is 0 Å². The number of nitrogens with zero attached hydrogens (tertiary/aromatic N) is 3. The zero-order chi connectivity index (χ0) is 22.1. The number of halogens is 1. The second kappa shape index (κ2) is 9.22. The lowest BCUT2D eigenvalue weighted by Gasteiger charge is -2.36. The zero-order valence-electron chi connectivity index (χ0n) is 19.0. The molecule has 0 aliphatic carbocycles. The molecule has 0 spiro atoms. The number of aromatic nitrogens is 1. The summed E-state index contributed by atoms with van der Waals surface area (Å²) in [4.78, 5) is 9.91. The molecule has 3 heterocycles. The minimum absolute atomic E-state index is 0.775. The predicted molar refractivity (Wildman–Crippen MR) is 133 cm³/mol. The molecule has 0 saturated carbocycles. The summed E-state index contributed by atoms with van der Waals surface area (Å²) in [5.74, 6) is 0. The molecule has 0 bridgehead atoms. The summed E-state index contributed by atoms with van der Waals surface area (Å²) < 4.78 is 0. The van der Waals surface area contributed by atoms with Gasteiger partial charge in [-0.25, -0.2) is 0 Å². The zero-order valence-corrected chi connectivity index (χ0v) is 19.8. The molecule has 166 valence electrons. The standard InChI is InChI=1S/C27H31ClN4/c1-19-3-8-27(32-13-10-29-11-14-32)26-18-31(12-9-25(19)26)17-23-6-4-21(16-30-23)24-7-5-22(28)15-20(24)2/h3-8,15-16,29H,9-14,17-18H2,1-2H3. The number of benzene rings is 2. The lowest BCUT2D eigenvalue weighted by Crippen LogP contribution is -2.44. The molecule has 2 aromatic carbocycles. The van der Waals surface area contributed by atoms with E-state index in [9.17, 15) is 0 Å². The molecule has 1 saturated heterocycles. The second-order valence-corrected chi connectivity index (χ2v) is 9.49. The predicted octanol–water partition coefficient (Wildman–Crippen LogP) is 4.99. The van der Waals surface area contributed by atoms with E-state index in [1.54, 1.807) is 5.56 Å². The average Bonchev–Trinajstić information content (AvgIpc) is 2.81. The molecule has 5 heteroatoms. The van der Waals surface area contributed by atoms with Crippen molar-refractivity contribution in [2.45, 2.75) is 33.4 Å². The van der Waals surface area contributed by atoms with E-state index >= 15 is 0 Å². The Kier molecular flexibility index (Phi) is 6.18. The van der Waals surface area contributed by atoms with Crippen LogP contribution in [0.4, 0.5) is 5.69 Å². The van der Waals surface area contributed by atoms with Crippen LogP contribution in [0.1, 0.15) is 27.9 Å². The van der Waals surface area contributed by atoms with Gasteiger partial charge in [0.25, 0.3) is 0 Å². The SMILES string of the molecule is Cc1cc(Cl)ccc1-c1ccc(CN2CCc3c(C)ccc(N4CCNCC4)c3C2)nc1. The lowest BCUT2D eigenvalue weighted by molar-refractivity contribution is 0.242. The number of rotatable bonds is 4. The summed E-state index contributed by atoms with van der Waals surface area (Å²) in [5.41, 5.74) is 10.6. The van der Waals surface area contributed by atoms with Gasteiger partial charge in [-0.1, -0.05) is 29.8 Å². The molecular formula is C27H31ClN4. The molecule has 2 aliphatic rings. The third-order valence-corrected chi connectivity index (χ3v) is 7.10. The van der Waals surface area contributed by atoms with Gasteiger partial charge in [0.1, 0.15) is 0 Å². The first kappa shape index (κ1) is 21.4. The molecule has 1 aromatic heterocycles. The van der Waals surface area contributed by atoms with Gasteiger partial charge >= 0.3 is 0 Å². The Morgan fingerprint density at radius 1 is 0.938 bits per heavy atom. The quantitative estimate of drug-likeness (QED) is 0.612. The number of fused-ring (bicyclic) bond motifs is 1. The monoisotopic (exact) mass is 446 g/mol. The molecular weight excluding hydrogens is 416 g/mol. The molecule has 5 rings (SSSR count). The fourth-order valence-corrected chi connectivity index (χ4v) is 5.32.